The van der Waals surface area contributed by atoms with Crippen molar-refractivity contribution in [2.45, 2.75) is 26.8 Å². The number of aromatic nitrogens is 2. The first-order chi connectivity index (χ1) is 10.1. The highest BCUT2D eigenvalue weighted by Gasteiger charge is 2.22. The van der Waals surface area contributed by atoms with Crippen molar-refractivity contribution in [2.24, 2.45) is 5.92 Å². The molecule has 3 heterocycles. The highest BCUT2D eigenvalue weighted by molar-refractivity contribution is 7.18. The molecule has 0 amide bonds. The van der Waals surface area contributed by atoms with Crippen LogP contribution in [0.15, 0.2) is 4.79 Å². The number of hydrogen-bond acceptors (Lipinski definition) is 5. The highest BCUT2D eigenvalue weighted by atomic mass is 32.1. The second-order valence-electron chi connectivity index (χ2n) is 5.92. The van der Waals surface area contributed by atoms with Crippen LogP contribution in [0.3, 0.4) is 0 Å². The highest BCUT2D eigenvalue weighted by Crippen LogP contribution is 2.26. The summed E-state index contributed by atoms with van der Waals surface area (Å²) in [5.41, 5.74) is 1.06. The molecule has 114 valence electrons. The number of rotatable bonds is 4. The molecule has 2 aromatic heterocycles. The van der Waals surface area contributed by atoms with Crippen LogP contribution in [0.4, 0.5) is 0 Å². The zero-order valence-corrected chi connectivity index (χ0v) is 13.6. The van der Waals surface area contributed by atoms with Gasteiger partial charge in [0.25, 0.3) is 5.56 Å². The molecule has 0 aliphatic carbocycles. The number of H-pyrrole nitrogens is 1. The Kier molecular flexibility index (Phi) is 4.10. The van der Waals surface area contributed by atoms with Crippen LogP contribution < -0.4 is 10.9 Å². The second-order valence-corrected chi connectivity index (χ2v) is 7.13. The minimum Gasteiger partial charge on any atom is -0.319 e. The van der Waals surface area contributed by atoms with Crippen LogP contribution in [0.5, 0.6) is 0 Å². The molecule has 2 aromatic rings. The Morgan fingerprint density at radius 3 is 3.05 bits per heavy atom. The molecule has 21 heavy (non-hydrogen) atoms. The van der Waals surface area contributed by atoms with E-state index in [9.17, 15) is 4.79 Å². The first-order valence-corrected chi connectivity index (χ1v) is 8.26. The summed E-state index contributed by atoms with van der Waals surface area (Å²) in [6.45, 7) is 7.99. The van der Waals surface area contributed by atoms with Crippen LogP contribution in [0.25, 0.3) is 10.2 Å². The lowest BCUT2D eigenvalue weighted by Crippen LogP contribution is -2.26. The number of nitrogens with one attached hydrogen (secondary N) is 2. The predicted molar refractivity (Wildman–Crippen MR) is 87.0 cm³/mol. The minimum atomic E-state index is 0.00261. The fourth-order valence-corrected chi connectivity index (χ4v) is 4.15. The monoisotopic (exact) mass is 306 g/mol. The van der Waals surface area contributed by atoms with Gasteiger partial charge in [0, 0.05) is 11.4 Å². The standard InChI is InChI=1S/C15H22N4OS/c1-9-10(2)21-15-13(9)14(20)17-12(18-15)8-19-5-4-11(7-19)6-16-3/h11,16H,4-8H2,1-3H3,(H,17,18,20). The van der Waals surface area contributed by atoms with E-state index >= 15 is 0 Å². The lowest BCUT2D eigenvalue weighted by Gasteiger charge is -2.15. The van der Waals surface area contributed by atoms with Crippen LogP contribution in [-0.2, 0) is 6.54 Å². The maximum atomic E-state index is 12.3. The van der Waals surface area contributed by atoms with E-state index in [-0.39, 0.29) is 5.56 Å². The first-order valence-electron chi connectivity index (χ1n) is 7.44. The Labute approximate surface area is 128 Å². The van der Waals surface area contributed by atoms with Crippen LogP contribution in [0.2, 0.25) is 0 Å². The van der Waals surface area contributed by atoms with Crippen molar-refractivity contribution in [3.05, 3.63) is 26.6 Å². The minimum absolute atomic E-state index is 0.00261. The number of hydrogen-bond donors (Lipinski definition) is 2. The molecule has 0 bridgehead atoms. The molecule has 1 fully saturated rings. The van der Waals surface area contributed by atoms with Gasteiger partial charge in [-0.2, -0.15) is 0 Å². The molecule has 2 N–H and O–H groups in total. The maximum Gasteiger partial charge on any atom is 0.259 e. The molecule has 1 unspecified atom stereocenters. The summed E-state index contributed by atoms with van der Waals surface area (Å²) in [6, 6.07) is 0. The van der Waals surface area contributed by atoms with Gasteiger partial charge in [-0.25, -0.2) is 4.98 Å². The smallest absolute Gasteiger partial charge is 0.259 e. The van der Waals surface area contributed by atoms with Gasteiger partial charge in [0.2, 0.25) is 0 Å². The molecule has 0 saturated carbocycles. The Hall–Kier alpha value is -1.24. The Bertz CT molecular complexity index is 705. The third-order valence-corrected chi connectivity index (χ3v) is 5.43. The zero-order chi connectivity index (χ0) is 15.0. The Morgan fingerprint density at radius 2 is 2.29 bits per heavy atom. The molecule has 0 radical (unpaired) electrons. The molecular formula is C15H22N4OS. The van der Waals surface area contributed by atoms with E-state index in [4.69, 9.17) is 0 Å². The van der Waals surface area contributed by atoms with E-state index in [1.165, 1.54) is 11.3 Å². The van der Waals surface area contributed by atoms with Gasteiger partial charge in [-0.3, -0.25) is 9.69 Å². The molecule has 0 spiro atoms. The van der Waals surface area contributed by atoms with Gasteiger partial charge in [-0.05, 0) is 51.9 Å². The van der Waals surface area contributed by atoms with Gasteiger partial charge in [-0.15, -0.1) is 11.3 Å². The molecule has 1 saturated heterocycles. The van der Waals surface area contributed by atoms with Crippen LogP contribution in [0, 0.1) is 19.8 Å². The number of aromatic amines is 1. The molecule has 6 heteroatoms. The fraction of sp³-hybridized carbons (Fsp3) is 0.600. The normalized spacial score (nSPS) is 19.7. The van der Waals surface area contributed by atoms with E-state index in [1.807, 2.05) is 20.9 Å². The summed E-state index contributed by atoms with van der Waals surface area (Å²) in [6.07, 6.45) is 1.21. The molecule has 1 atom stereocenters. The number of thiophene rings is 1. The topological polar surface area (TPSA) is 61.0 Å². The van der Waals surface area contributed by atoms with Gasteiger partial charge in [0.1, 0.15) is 10.7 Å². The lowest BCUT2D eigenvalue weighted by molar-refractivity contribution is 0.307. The second kappa shape index (κ2) is 5.87. The third kappa shape index (κ3) is 2.88. The number of fused-ring (bicyclic) bond motifs is 1. The summed E-state index contributed by atoms with van der Waals surface area (Å²) in [5.74, 6) is 1.50. The molecule has 1 aliphatic rings. The van der Waals surface area contributed by atoms with Gasteiger partial charge < -0.3 is 10.3 Å². The fourth-order valence-electron chi connectivity index (χ4n) is 3.10. The Balaban J connectivity index is 1.81. The van der Waals surface area contributed by atoms with E-state index in [2.05, 4.69) is 20.2 Å². The van der Waals surface area contributed by atoms with Crippen molar-refractivity contribution in [1.29, 1.82) is 0 Å². The van der Waals surface area contributed by atoms with Gasteiger partial charge in [0.15, 0.2) is 0 Å². The van der Waals surface area contributed by atoms with Crippen molar-refractivity contribution in [3.8, 4) is 0 Å². The number of aryl methyl sites for hydroxylation is 2. The molecule has 1 aliphatic heterocycles. The van der Waals surface area contributed by atoms with Crippen molar-refractivity contribution < 1.29 is 0 Å². The zero-order valence-electron chi connectivity index (χ0n) is 12.8. The van der Waals surface area contributed by atoms with Crippen LogP contribution >= 0.6 is 11.3 Å². The van der Waals surface area contributed by atoms with Crippen molar-refractivity contribution in [3.63, 3.8) is 0 Å². The lowest BCUT2D eigenvalue weighted by atomic mass is 10.1. The summed E-state index contributed by atoms with van der Waals surface area (Å²) >= 11 is 1.61. The average molecular weight is 306 g/mol. The molecule has 5 nitrogen and oxygen atoms in total. The van der Waals surface area contributed by atoms with E-state index in [1.54, 1.807) is 11.3 Å². The van der Waals surface area contributed by atoms with E-state index < -0.39 is 0 Å². The Morgan fingerprint density at radius 1 is 1.48 bits per heavy atom. The van der Waals surface area contributed by atoms with E-state index in [0.29, 0.717) is 5.92 Å². The first kappa shape index (κ1) is 14.7. The SMILES string of the molecule is CNCC1CCN(Cc2nc3sc(C)c(C)c3c(=O)[nH]2)C1. The molecular weight excluding hydrogens is 284 g/mol. The average Bonchev–Trinajstić information content (AvgIpc) is 2.96. The van der Waals surface area contributed by atoms with Crippen LogP contribution in [0.1, 0.15) is 22.7 Å². The number of likely N-dealkylation sites (tertiary alicyclic amines) is 1. The van der Waals surface area contributed by atoms with Crippen LogP contribution in [-0.4, -0.2) is 41.5 Å². The summed E-state index contributed by atoms with van der Waals surface area (Å²) in [5, 5.41) is 4.00. The maximum absolute atomic E-state index is 12.3. The van der Waals surface area contributed by atoms with Gasteiger partial charge in [0.05, 0.1) is 11.9 Å². The summed E-state index contributed by atoms with van der Waals surface area (Å²) in [7, 11) is 2.00. The van der Waals surface area contributed by atoms with Crippen molar-refractivity contribution in [2.75, 3.05) is 26.7 Å². The van der Waals surface area contributed by atoms with Gasteiger partial charge >= 0.3 is 0 Å². The van der Waals surface area contributed by atoms with Crippen molar-refractivity contribution >= 4 is 21.6 Å². The third-order valence-electron chi connectivity index (χ3n) is 4.32. The largest absolute Gasteiger partial charge is 0.319 e. The van der Waals surface area contributed by atoms with E-state index in [0.717, 1.165) is 47.8 Å². The van der Waals surface area contributed by atoms with Gasteiger partial charge in [-0.1, -0.05) is 0 Å². The summed E-state index contributed by atoms with van der Waals surface area (Å²) in [4.78, 5) is 24.3. The van der Waals surface area contributed by atoms with Crippen molar-refractivity contribution in [1.82, 2.24) is 20.2 Å². The number of nitrogens with zero attached hydrogens (tertiary/aromatic N) is 2. The summed E-state index contributed by atoms with van der Waals surface area (Å²) < 4.78 is 0. The molecule has 0 aromatic carbocycles. The quantitative estimate of drug-likeness (QED) is 0.901. The predicted octanol–water partition coefficient (Wildman–Crippen LogP) is 1.64. The molecule has 3 rings (SSSR count).